The van der Waals surface area contributed by atoms with Crippen molar-refractivity contribution in [2.24, 2.45) is 4.99 Å². The standard InChI is InChI=1S/C14H22N6S2/c1-5-11-7-16-12(22-11)8-18-13(15-2)17-6-10-9-21-14(19-10)20(3)4/h7,9H,5-6,8H2,1-4H3,(H2,15,17,18). The van der Waals surface area contributed by atoms with Gasteiger partial charge in [-0.15, -0.1) is 22.7 Å². The first kappa shape index (κ1) is 16.7. The van der Waals surface area contributed by atoms with E-state index in [9.17, 15) is 0 Å². The van der Waals surface area contributed by atoms with Crippen LogP contribution in [0.25, 0.3) is 0 Å². The molecule has 0 unspecified atom stereocenters. The van der Waals surface area contributed by atoms with Crippen LogP contribution in [0.2, 0.25) is 0 Å². The van der Waals surface area contributed by atoms with Crippen LogP contribution in [0, 0.1) is 0 Å². The van der Waals surface area contributed by atoms with Gasteiger partial charge in [0.2, 0.25) is 0 Å². The summed E-state index contributed by atoms with van der Waals surface area (Å²) in [4.78, 5) is 16.5. The number of aryl methyl sites for hydroxylation is 1. The van der Waals surface area contributed by atoms with Gasteiger partial charge < -0.3 is 15.5 Å². The number of aromatic nitrogens is 2. The maximum absolute atomic E-state index is 4.54. The quantitative estimate of drug-likeness (QED) is 0.624. The van der Waals surface area contributed by atoms with Crippen LogP contribution < -0.4 is 15.5 Å². The fourth-order valence-electron chi connectivity index (χ4n) is 1.73. The third-order valence-electron chi connectivity index (χ3n) is 2.94. The van der Waals surface area contributed by atoms with Crippen molar-refractivity contribution in [1.29, 1.82) is 0 Å². The number of anilines is 1. The Labute approximate surface area is 139 Å². The van der Waals surface area contributed by atoms with Gasteiger partial charge in [0.15, 0.2) is 11.1 Å². The molecule has 0 saturated carbocycles. The first-order chi connectivity index (χ1) is 10.6. The molecule has 2 rings (SSSR count). The molecule has 2 heterocycles. The topological polar surface area (TPSA) is 65.4 Å². The van der Waals surface area contributed by atoms with Crippen molar-refractivity contribution >= 4 is 33.8 Å². The molecule has 6 nitrogen and oxygen atoms in total. The van der Waals surface area contributed by atoms with Gasteiger partial charge in [-0.3, -0.25) is 4.99 Å². The zero-order valence-corrected chi connectivity index (χ0v) is 15.0. The van der Waals surface area contributed by atoms with Crippen LogP contribution in [0.1, 0.15) is 22.5 Å². The minimum atomic E-state index is 0.655. The van der Waals surface area contributed by atoms with E-state index < -0.39 is 0 Å². The van der Waals surface area contributed by atoms with Crippen LogP contribution >= 0.6 is 22.7 Å². The monoisotopic (exact) mass is 338 g/mol. The van der Waals surface area contributed by atoms with Gasteiger partial charge in [-0.25, -0.2) is 9.97 Å². The van der Waals surface area contributed by atoms with Crippen molar-refractivity contribution in [3.8, 4) is 0 Å². The molecule has 0 aliphatic heterocycles. The molecule has 0 aromatic carbocycles. The molecular weight excluding hydrogens is 316 g/mol. The van der Waals surface area contributed by atoms with Crippen molar-refractivity contribution in [2.45, 2.75) is 26.4 Å². The largest absolute Gasteiger partial charge is 0.354 e. The van der Waals surface area contributed by atoms with Crippen LogP contribution in [0.4, 0.5) is 5.13 Å². The van der Waals surface area contributed by atoms with Crippen LogP contribution in [0.15, 0.2) is 16.6 Å². The maximum Gasteiger partial charge on any atom is 0.191 e. The number of guanidine groups is 1. The number of hydrogen-bond acceptors (Lipinski definition) is 6. The predicted octanol–water partition coefficient (Wildman–Crippen LogP) is 2.09. The third-order valence-corrected chi connectivity index (χ3v) is 5.14. The number of thiazole rings is 2. The molecule has 0 fully saturated rings. The average Bonchev–Trinajstić information content (AvgIpc) is 3.16. The van der Waals surface area contributed by atoms with Gasteiger partial charge in [0, 0.05) is 37.6 Å². The molecule has 2 aromatic heterocycles. The Kier molecular flexibility index (Phi) is 6.14. The van der Waals surface area contributed by atoms with Gasteiger partial charge >= 0.3 is 0 Å². The lowest BCUT2D eigenvalue weighted by atomic mass is 10.4. The Hall–Kier alpha value is -1.67. The van der Waals surface area contributed by atoms with E-state index in [0.717, 1.165) is 28.2 Å². The van der Waals surface area contributed by atoms with E-state index in [-0.39, 0.29) is 0 Å². The second kappa shape index (κ2) is 8.09. The summed E-state index contributed by atoms with van der Waals surface area (Å²) in [6.07, 6.45) is 2.97. The van der Waals surface area contributed by atoms with Crippen LogP contribution in [0.3, 0.4) is 0 Å². The molecule has 0 bridgehead atoms. The lowest BCUT2D eigenvalue weighted by molar-refractivity contribution is 0.794. The highest BCUT2D eigenvalue weighted by molar-refractivity contribution is 7.13. The summed E-state index contributed by atoms with van der Waals surface area (Å²) >= 11 is 3.37. The molecule has 0 spiro atoms. The molecule has 2 aromatic rings. The molecule has 120 valence electrons. The number of nitrogens with zero attached hydrogens (tertiary/aromatic N) is 4. The molecule has 0 aliphatic rings. The van der Waals surface area contributed by atoms with Gasteiger partial charge in [0.05, 0.1) is 18.8 Å². The normalized spacial score (nSPS) is 11.5. The second-order valence-corrected chi connectivity index (χ2v) is 6.91. The van der Waals surface area contributed by atoms with Crippen LogP contribution in [-0.2, 0) is 19.5 Å². The molecule has 0 atom stereocenters. The molecule has 8 heteroatoms. The van der Waals surface area contributed by atoms with Gasteiger partial charge in [-0.2, -0.15) is 0 Å². The van der Waals surface area contributed by atoms with Gasteiger partial charge in [0.1, 0.15) is 5.01 Å². The number of aliphatic imine (C=N–C) groups is 1. The molecule has 0 aliphatic carbocycles. The summed E-state index contributed by atoms with van der Waals surface area (Å²) in [6, 6.07) is 0. The minimum Gasteiger partial charge on any atom is -0.354 e. The zero-order valence-electron chi connectivity index (χ0n) is 13.4. The van der Waals surface area contributed by atoms with E-state index in [2.05, 4.69) is 37.9 Å². The molecule has 2 N–H and O–H groups in total. The first-order valence-electron chi connectivity index (χ1n) is 7.12. The van der Waals surface area contributed by atoms with E-state index in [1.54, 1.807) is 29.7 Å². The van der Waals surface area contributed by atoms with E-state index in [4.69, 9.17) is 0 Å². The van der Waals surface area contributed by atoms with E-state index in [1.807, 2.05) is 25.2 Å². The van der Waals surface area contributed by atoms with Crippen molar-refractivity contribution in [2.75, 3.05) is 26.0 Å². The zero-order chi connectivity index (χ0) is 15.9. The Balaban J connectivity index is 1.81. The smallest absolute Gasteiger partial charge is 0.191 e. The Morgan fingerprint density at radius 3 is 2.68 bits per heavy atom. The average molecular weight is 339 g/mol. The van der Waals surface area contributed by atoms with Crippen molar-refractivity contribution in [3.05, 3.63) is 27.2 Å². The van der Waals surface area contributed by atoms with Crippen molar-refractivity contribution in [1.82, 2.24) is 20.6 Å². The van der Waals surface area contributed by atoms with Gasteiger partial charge in [-0.1, -0.05) is 6.92 Å². The number of rotatable bonds is 6. The molecular formula is C14H22N6S2. The summed E-state index contributed by atoms with van der Waals surface area (Å²) in [5.74, 6) is 0.757. The second-order valence-electron chi connectivity index (χ2n) is 4.87. The highest BCUT2D eigenvalue weighted by Gasteiger charge is 2.06. The summed E-state index contributed by atoms with van der Waals surface area (Å²) in [6.45, 7) is 3.48. The fourth-order valence-corrected chi connectivity index (χ4v) is 3.29. The van der Waals surface area contributed by atoms with E-state index in [0.29, 0.717) is 13.1 Å². The molecule has 0 saturated heterocycles. The lowest BCUT2D eigenvalue weighted by Crippen LogP contribution is -2.36. The Morgan fingerprint density at radius 1 is 1.32 bits per heavy atom. The number of nitrogens with one attached hydrogen (secondary N) is 2. The molecule has 0 amide bonds. The molecule has 22 heavy (non-hydrogen) atoms. The summed E-state index contributed by atoms with van der Waals surface area (Å²) < 4.78 is 0. The Bertz CT molecular complexity index is 616. The summed E-state index contributed by atoms with van der Waals surface area (Å²) in [7, 11) is 5.76. The van der Waals surface area contributed by atoms with Gasteiger partial charge in [-0.05, 0) is 6.42 Å². The summed E-state index contributed by atoms with van der Waals surface area (Å²) in [5.41, 5.74) is 1.01. The first-order valence-corrected chi connectivity index (χ1v) is 8.81. The lowest BCUT2D eigenvalue weighted by Gasteiger charge is -2.10. The fraction of sp³-hybridized carbons (Fsp3) is 0.500. The van der Waals surface area contributed by atoms with Gasteiger partial charge in [0.25, 0.3) is 0 Å². The summed E-state index contributed by atoms with van der Waals surface area (Å²) in [5, 5.41) is 10.7. The predicted molar refractivity (Wildman–Crippen MR) is 95.0 cm³/mol. The SMILES string of the molecule is CCc1cnc(CNC(=NC)NCc2csc(N(C)C)n2)s1. The Morgan fingerprint density at radius 2 is 2.09 bits per heavy atom. The number of hydrogen-bond donors (Lipinski definition) is 2. The highest BCUT2D eigenvalue weighted by atomic mass is 32.1. The van der Waals surface area contributed by atoms with E-state index in [1.165, 1.54) is 4.88 Å². The van der Waals surface area contributed by atoms with Crippen LogP contribution in [-0.4, -0.2) is 37.1 Å². The van der Waals surface area contributed by atoms with Crippen molar-refractivity contribution < 1.29 is 0 Å². The highest BCUT2D eigenvalue weighted by Crippen LogP contribution is 2.17. The van der Waals surface area contributed by atoms with Crippen LogP contribution in [0.5, 0.6) is 0 Å². The third kappa shape index (κ3) is 4.67. The van der Waals surface area contributed by atoms with E-state index >= 15 is 0 Å². The maximum atomic E-state index is 4.54. The molecule has 0 radical (unpaired) electrons. The van der Waals surface area contributed by atoms with Crippen molar-refractivity contribution in [3.63, 3.8) is 0 Å². The minimum absolute atomic E-state index is 0.655.